The molecule has 3 nitrogen and oxygen atoms in total. The van der Waals surface area contributed by atoms with Crippen LogP contribution in [0.2, 0.25) is 0 Å². The van der Waals surface area contributed by atoms with Crippen LogP contribution in [0.25, 0.3) is 0 Å². The average molecular weight is 250 g/mol. The van der Waals surface area contributed by atoms with E-state index in [-0.39, 0.29) is 12.1 Å². The van der Waals surface area contributed by atoms with E-state index >= 15 is 0 Å². The zero-order chi connectivity index (χ0) is 13.4. The molecule has 0 spiro atoms. The summed E-state index contributed by atoms with van der Waals surface area (Å²) in [6.07, 6.45) is 0. The number of hydrogen-bond acceptors (Lipinski definition) is 3. The maximum Gasteiger partial charge on any atom is 0.0558 e. The van der Waals surface area contributed by atoms with Crippen LogP contribution in [0.4, 0.5) is 0 Å². The van der Waals surface area contributed by atoms with E-state index in [1.54, 1.807) is 0 Å². The predicted molar refractivity (Wildman–Crippen MR) is 76.6 cm³/mol. The number of benzene rings is 1. The third kappa shape index (κ3) is 6.74. The molecule has 3 heteroatoms. The van der Waals surface area contributed by atoms with Crippen LogP contribution in [0.5, 0.6) is 0 Å². The van der Waals surface area contributed by atoms with Crippen LogP contribution in [0, 0.1) is 0 Å². The summed E-state index contributed by atoms with van der Waals surface area (Å²) in [5, 5.41) is 12.6. The van der Waals surface area contributed by atoms with Crippen molar-refractivity contribution >= 4 is 0 Å². The molecule has 0 amide bonds. The first kappa shape index (κ1) is 15.2. The van der Waals surface area contributed by atoms with Crippen LogP contribution in [0.15, 0.2) is 30.3 Å². The Hall–Kier alpha value is -0.900. The van der Waals surface area contributed by atoms with E-state index in [9.17, 15) is 0 Å². The van der Waals surface area contributed by atoms with E-state index < -0.39 is 0 Å². The topological polar surface area (TPSA) is 35.5 Å². The Morgan fingerprint density at radius 3 is 2.33 bits per heavy atom. The summed E-state index contributed by atoms with van der Waals surface area (Å²) < 4.78 is 0. The van der Waals surface area contributed by atoms with E-state index in [4.69, 9.17) is 5.11 Å². The first-order valence-electron chi connectivity index (χ1n) is 6.63. The molecule has 1 rings (SSSR count). The molecule has 0 aliphatic rings. The summed E-state index contributed by atoms with van der Waals surface area (Å²) in [6, 6.07) is 10.4. The molecule has 0 bridgehead atoms. The second-order valence-corrected chi connectivity index (χ2v) is 5.66. The van der Waals surface area contributed by atoms with Crippen molar-refractivity contribution in [3.8, 4) is 0 Å². The van der Waals surface area contributed by atoms with Crippen molar-refractivity contribution in [1.82, 2.24) is 10.2 Å². The zero-order valence-electron chi connectivity index (χ0n) is 11.8. The Bertz CT molecular complexity index is 319. The Balaban J connectivity index is 2.40. The van der Waals surface area contributed by atoms with Gasteiger partial charge in [0.2, 0.25) is 0 Å². The number of nitrogens with zero attached hydrogens (tertiary/aromatic N) is 1. The van der Waals surface area contributed by atoms with Crippen LogP contribution in [0.3, 0.4) is 0 Å². The molecule has 0 unspecified atom stereocenters. The molecule has 0 saturated carbocycles. The third-order valence-electron chi connectivity index (χ3n) is 2.75. The van der Waals surface area contributed by atoms with Crippen molar-refractivity contribution in [3.05, 3.63) is 35.9 Å². The van der Waals surface area contributed by atoms with Gasteiger partial charge in [-0.2, -0.15) is 0 Å². The molecule has 1 aromatic rings. The molecule has 1 aromatic carbocycles. The Morgan fingerprint density at radius 2 is 1.78 bits per heavy atom. The fourth-order valence-electron chi connectivity index (χ4n) is 1.84. The van der Waals surface area contributed by atoms with Crippen LogP contribution in [-0.2, 0) is 6.54 Å². The molecule has 0 saturated heterocycles. The molecule has 0 aromatic heterocycles. The van der Waals surface area contributed by atoms with Crippen LogP contribution < -0.4 is 5.32 Å². The maximum absolute atomic E-state index is 9.11. The lowest BCUT2D eigenvalue weighted by Crippen LogP contribution is -2.41. The van der Waals surface area contributed by atoms with Crippen molar-refractivity contribution < 1.29 is 5.11 Å². The van der Waals surface area contributed by atoms with Gasteiger partial charge in [-0.1, -0.05) is 30.3 Å². The minimum Gasteiger partial charge on any atom is -0.395 e. The predicted octanol–water partition coefficient (Wildman–Crippen LogP) is 1.87. The lowest BCUT2D eigenvalue weighted by Gasteiger charge is -2.25. The SMILES string of the molecule is CC(C)(C)NCCN(CCO)Cc1ccccc1. The first-order valence-corrected chi connectivity index (χ1v) is 6.63. The lowest BCUT2D eigenvalue weighted by molar-refractivity contribution is 0.187. The summed E-state index contributed by atoms with van der Waals surface area (Å²) in [5.74, 6) is 0. The summed E-state index contributed by atoms with van der Waals surface area (Å²) in [6.45, 7) is 10.2. The van der Waals surface area contributed by atoms with Crippen molar-refractivity contribution in [3.63, 3.8) is 0 Å². The van der Waals surface area contributed by atoms with E-state index in [1.807, 2.05) is 6.07 Å². The smallest absolute Gasteiger partial charge is 0.0558 e. The monoisotopic (exact) mass is 250 g/mol. The summed E-state index contributed by atoms with van der Waals surface area (Å²) >= 11 is 0. The van der Waals surface area contributed by atoms with E-state index in [1.165, 1.54) is 5.56 Å². The maximum atomic E-state index is 9.11. The molecule has 2 N–H and O–H groups in total. The minimum atomic E-state index is 0.150. The van der Waals surface area contributed by atoms with Crippen LogP contribution in [-0.4, -0.2) is 41.8 Å². The first-order chi connectivity index (χ1) is 8.51. The van der Waals surface area contributed by atoms with Crippen molar-refractivity contribution in [2.24, 2.45) is 0 Å². The molecular weight excluding hydrogens is 224 g/mol. The highest BCUT2D eigenvalue weighted by molar-refractivity contribution is 5.14. The fraction of sp³-hybridized carbons (Fsp3) is 0.600. The van der Waals surface area contributed by atoms with Gasteiger partial charge in [-0.05, 0) is 26.3 Å². The number of hydrogen-bond donors (Lipinski definition) is 2. The highest BCUT2D eigenvalue weighted by Gasteiger charge is 2.10. The average Bonchev–Trinajstić information content (AvgIpc) is 2.29. The second kappa shape index (κ2) is 7.52. The Kier molecular flexibility index (Phi) is 6.33. The van der Waals surface area contributed by atoms with E-state index in [0.29, 0.717) is 0 Å². The normalized spacial score (nSPS) is 12.1. The van der Waals surface area contributed by atoms with E-state index in [0.717, 1.165) is 26.2 Å². The van der Waals surface area contributed by atoms with Crippen LogP contribution >= 0.6 is 0 Å². The van der Waals surface area contributed by atoms with Gasteiger partial charge in [0.25, 0.3) is 0 Å². The van der Waals surface area contributed by atoms with Crippen molar-refractivity contribution in [2.45, 2.75) is 32.9 Å². The summed E-state index contributed by atoms with van der Waals surface area (Å²) in [5.41, 5.74) is 1.44. The summed E-state index contributed by atoms with van der Waals surface area (Å²) in [4.78, 5) is 2.27. The van der Waals surface area contributed by atoms with Gasteiger partial charge in [0, 0.05) is 31.7 Å². The second-order valence-electron chi connectivity index (χ2n) is 5.66. The van der Waals surface area contributed by atoms with Gasteiger partial charge in [-0.15, -0.1) is 0 Å². The standard InChI is InChI=1S/C15H26N2O/c1-15(2,3)16-9-10-17(11-12-18)13-14-7-5-4-6-8-14/h4-8,16,18H,9-13H2,1-3H3. The molecule has 18 heavy (non-hydrogen) atoms. The quantitative estimate of drug-likeness (QED) is 0.775. The number of nitrogens with one attached hydrogen (secondary N) is 1. The van der Waals surface area contributed by atoms with Gasteiger partial charge in [0.1, 0.15) is 0 Å². The van der Waals surface area contributed by atoms with Crippen LogP contribution in [0.1, 0.15) is 26.3 Å². The van der Waals surface area contributed by atoms with Gasteiger partial charge in [-0.25, -0.2) is 0 Å². The lowest BCUT2D eigenvalue weighted by atomic mass is 10.1. The number of aliphatic hydroxyl groups excluding tert-OH is 1. The van der Waals surface area contributed by atoms with E-state index in [2.05, 4.69) is 55.3 Å². The minimum absolute atomic E-state index is 0.150. The Morgan fingerprint density at radius 1 is 1.11 bits per heavy atom. The fourth-order valence-corrected chi connectivity index (χ4v) is 1.84. The zero-order valence-corrected chi connectivity index (χ0v) is 11.8. The number of aliphatic hydroxyl groups is 1. The van der Waals surface area contributed by atoms with Gasteiger partial charge >= 0.3 is 0 Å². The molecular formula is C15H26N2O. The van der Waals surface area contributed by atoms with Crippen molar-refractivity contribution in [2.75, 3.05) is 26.2 Å². The molecule has 0 aliphatic carbocycles. The molecule has 0 atom stereocenters. The molecule has 0 aliphatic heterocycles. The van der Waals surface area contributed by atoms with Gasteiger partial charge in [-0.3, -0.25) is 4.90 Å². The molecule has 102 valence electrons. The molecule has 0 fully saturated rings. The molecule has 0 heterocycles. The van der Waals surface area contributed by atoms with Crippen molar-refractivity contribution in [1.29, 1.82) is 0 Å². The third-order valence-corrected chi connectivity index (χ3v) is 2.75. The molecule has 0 radical (unpaired) electrons. The summed E-state index contributed by atoms with van der Waals surface area (Å²) in [7, 11) is 0. The van der Waals surface area contributed by atoms with Gasteiger partial charge in [0.05, 0.1) is 6.61 Å². The number of rotatable bonds is 7. The highest BCUT2D eigenvalue weighted by atomic mass is 16.3. The van der Waals surface area contributed by atoms with Gasteiger partial charge in [0.15, 0.2) is 0 Å². The highest BCUT2D eigenvalue weighted by Crippen LogP contribution is 2.04. The van der Waals surface area contributed by atoms with Gasteiger partial charge < -0.3 is 10.4 Å². The largest absolute Gasteiger partial charge is 0.395 e. The Labute approximate surface area is 111 Å².